The monoisotopic (exact) mass is 215 g/mol. The van der Waals surface area contributed by atoms with Crippen LogP contribution in [0.25, 0.3) is 0 Å². The number of aryl methyl sites for hydroxylation is 1. The zero-order chi connectivity index (χ0) is 11.5. The maximum atomic E-state index is 11.9. The molecule has 0 radical (unpaired) electrons. The van der Waals surface area contributed by atoms with Crippen LogP contribution in [0.5, 0.6) is 0 Å². The molecule has 0 aliphatic carbocycles. The lowest BCUT2D eigenvalue weighted by Gasteiger charge is -2.08. The quantitative estimate of drug-likeness (QED) is 0.751. The average Bonchev–Trinajstić information content (AvgIpc) is 2.68. The minimum absolute atomic E-state index is 0.162. The highest BCUT2D eigenvalue weighted by atomic mass is 16.1. The first-order valence-electron chi connectivity index (χ1n) is 4.95. The average molecular weight is 215 g/mol. The van der Waals surface area contributed by atoms with E-state index in [-0.39, 0.29) is 5.91 Å². The molecule has 1 heterocycles. The van der Waals surface area contributed by atoms with E-state index in [0.29, 0.717) is 17.1 Å². The van der Waals surface area contributed by atoms with E-state index in [9.17, 15) is 4.79 Å². The fraction of sp³-hybridized carbons (Fsp3) is 0.0833. The second kappa shape index (κ2) is 4.10. The Kier molecular flexibility index (Phi) is 2.64. The zero-order valence-electron chi connectivity index (χ0n) is 8.97. The van der Waals surface area contributed by atoms with E-state index in [4.69, 9.17) is 5.73 Å². The van der Waals surface area contributed by atoms with Crippen LogP contribution in [0.1, 0.15) is 10.5 Å². The number of nitrogens with one attached hydrogen (secondary N) is 1. The standard InChI is InChI=1S/C12H13N3O/c1-15-8-4-7-11(15)12(16)14-10-6-3-2-5-9(10)13/h2-8H,13H2,1H3,(H,14,16). The third kappa shape index (κ3) is 1.91. The molecule has 82 valence electrons. The van der Waals surface area contributed by atoms with Gasteiger partial charge in [0.05, 0.1) is 11.4 Å². The molecule has 4 nitrogen and oxygen atoms in total. The van der Waals surface area contributed by atoms with E-state index in [1.54, 1.807) is 22.8 Å². The molecular formula is C12H13N3O. The molecule has 0 atom stereocenters. The maximum absolute atomic E-state index is 11.9. The van der Waals surface area contributed by atoms with Gasteiger partial charge in [0.1, 0.15) is 5.69 Å². The summed E-state index contributed by atoms with van der Waals surface area (Å²) in [6.07, 6.45) is 1.82. The molecule has 0 saturated carbocycles. The topological polar surface area (TPSA) is 60.0 Å². The summed E-state index contributed by atoms with van der Waals surface area (Å²) < 4.78 is 1.76. The lowest BCUT2D eigenvalue weighted by atomic mass is 10.2. The van der Waals surface area contributed by atoms with Gasteiger partial charge in [-0.05, 0) is 24.3 Å². The van der Waals surface area contributed by atoms with Crippen molar-refractivity contribution >= 4 is 17.3 Å². The van der Waals surface area contributed by atoms with Crippen molar-refractivity contribution < 1.29 is 4.79 Å². The first-order valence-corrected chi connectivity index (χ1v) is 4.95. The number of benzene rings is 1. The highest BCUT2D eigenvalue weighted by Gasteiger charge is 2.09. The molecule has 0 spiro atoms. The maximum Gasteiger partial charge on any atom is 0.272 e. The number of amides is 1. The Labute approximate surface area is 93.7 Å². The molecule has 3 N–H and O–H groups in total. The number of hydrogen-bond donors (Lipinski definition) is 2. The molecule has 0 saturated heterocycles. The van der Waals surface area contributed by atoms with Gasteiger partial charge in [0.2, 0.25) is 0 Å². The Hall–Kier alpha value is -2.23. The van der Waals surface area contributed by atoms with E-state index in [0.717, 1.165) is 0 Å². The Morgan fingerprint density at radius 3 is 2.62 bits per heavy atom. The SMILES string of the molecule is Cn1cccc1C(=O)Nc1ccccc1N. The number of rotatable bonds is 2. The molecule has 0 aliphatic heterocycles. The molecule has 1 amide bonds. The minimum Gasteiger partial charge on any atom is -0.397 e. The van der Waals surface area contributed by atoms with Crippen molar-refractivity contribution in [3.8, 4) is 0 Å². The van der Waals surface area contributed by atoms with Gasteiger partial charge in [-0.2, -0.15) is 0 Å². The molecule has 0 bridgehead atoms. The van der Waals surface area contributed by atoms with Gasteiger partial charge in [-0.3, -0.25) is 4.79 Å². The van der Waals surface area contributed by atoms with E-state index in [1.807, 2.05) is 31.4 Å². The number of para-hydroxylation sites is 2. The molecule has 0 unspecified atom stereocenters. The van der Waals surface area contributed by atoms with Gasteiger partial charge in [-0.15, -0.1) is 0 Å². The molecule has 0 fully saturated rings. The van der Waals surface area contributed by atoms with Gasteiger partial charge >= 0.3 is 0 Å². The molecule has 4 heteroatoms. The molecule has 1 aromatic heterocycles. The molecule has 2 rings (SSSR count). The van der Waals surface area contributed by atoms with Crippen molar-refractivity contribution in [3.63, 3.8) is 0 Å². The second-order valence-corrected chi connectivity index (χ2v) is 3.55. The van der Waals surface area contributed by atoms with Crippen LogP contribution in [0.4, 0.5) is 11.4 Å². The number of nitrogen functional groups attached to an aromatic ring is 1. The van der Waals surface area contributed by atoms with Crippen LogP contribution in [-0.4, -0.2) is 10.5 Å². The Balaban J connectivity index is 2.21. The largest absolute Gasteiger partial charge is 0.397 e. The van der Waals surface area contributed by atoms with Gasteiger partial charge in [0, 0.05) is 13.2 Å². The minimum atomic E-state index is -0.162. The first kappa shape index (κ1) is 10.3. The Morgan fingerprint density at radius 1 is 1.25 bits per heavy atom. The summed E-state index contributed by atoms with van der Waals surface area (Å²) in [4.78, 5) is 11.9. The number of aromatic nitrogens is 1. The summed E-state index contributed by atoms with van der Waals surface area (Å²) >= 11 is 0. The van der Waals surface area contributed by atoms with Crippen LogP contribution in [0.3, 0.4) is 0 Å². The van der Waals surface area contributed by atoms with Crippen molar-refractivity contribution in [1.82, 2.24) is 4.57 Å². The van der Waals surface area contributed by atoms with Gasteiger partial charge in [0.25, 0.3) is 5.91 Å². The Morgan fingerprint density at radius 2 is 2.00 bits per heavy atom. The second-order valence-electron chi connectivity index (χ2n) is 3.55. The Bertz CT molecular complexity index is 516. The van der Waals surface area contributed by atoms with Crippen molar-refractivity contribution in [3.05, 3.63) is 48.3 Å². The van der Waals surface area contributed by atoms with Crippen LogP contribution in [-0.2, 0) is 7.05 Å². The third-order valence-electron chi connectivity index (χ3n) is 2.39. The summed E-state index contributed by atoms with van der Waals surface area (Å²) in [6.45, 7) is 0. The van der Waals surface area contributed by atoms with Gasteiger partial charge in [0.15, 0.2) is 0 Å². The van der Waals surface area contributed by atoms with Crippen LogP contribution < -0.4 is 11.1 Å². The normalized spacial score (nSPS) is 10.1. The number of hydrogen-bond acceptors (Lipinski definition) is 2. The van der Waals surface area contributed by atoms with E-state index in [2.05, 4.69) is 5.32 Å². The first-order chi connectivity index (χ1) is 7.68. The van der Waals surface area contributed by atoms with Crippen molar-refractivity contribution in [2.45, 2.75) is 0 Å². The highest BCUT2D eigenvalue weighted by molar-refractivity contribution is 6.04. The predicted octanol–water partition coefficient (Wildman–Crippen LogP) is 1.86. The smallest absolute Gasteiger partial charge is 0.272 e. The van der Waals surface area contributed by atoms with Gasteiger partial charge in [-0.25, -0.2) is 0 Å². The molecule has 0 aliphatic rings. The molecule has 16 heavy (non-hydrogen) atoms. The predicted molar refractivity (Wildman–Crippen MR) is 64.2 cm³/mol. The molecular weight excluding hydrogens is 202 g/mol. The lowest BCUT2D eigenvalue weighted by molar-refractivity contribution is 0.101. The van der Waals surface area contributed by atoms with Crippen LogP contribution >= 0.6 is 0 Å². The van der Waals surface area contributed by atoms with Gasteiger partial charge < -0.3 is 15.6 Å². The highest BCUT2D eigenvalue weighted by Crippen LogP contribution is 2.17. The van der Waals surface area contributed by atoms with Crippen LogP contribution in [0.2, 0.25) is 0 Å². The molecule has 2 aromatic rings. The summed E-state index contributed by atoms with van der Waals surface area (Å²) in [7, 11) is 1.82. The number of carbonyl (C=O) groups excluding carboxylic acids is 1. The van der Waals surface area contributed by atoms with Crippen molar-refractivity contribution in [2.75, 3.05) is 11.1 Å². The van der Waals surface area contributed by atoms with Crippen LogP contribution in [0.15, 0.2) is 42.6 Å². The summed E-state index contributed by atoms with van der Waals surface area (Å²) in [6, 6.07) is 10.8. The third-order valence-corrected chi connectivity index (χ3v) is 2.39. The van der Waals surface area contributed by atoms with E-state index >= 15 is 0 Å². The number of nitrogens with two attached hydrogens (primary N) is 1. The summed E-state index contributed by atoms with van der Waals surface area (Å²) in [5, 5.41) is 2.77. The van der Waals surface area contributed by atoms with E-state index < -0.39 is 0 Å². The molecule has 1 aromatic carbocycles. The fourth-order valence-corrected chi connectivity index (χ4v) is 1.49. The van der Waals surface area contributed by atoms with Crippen molar-refractivity contribution in [2.24, 2.45) is 7.05 Å². The van der Waals surface area contributed by atoms with Gasteiger partial charge in [-0.1, -0.05) is 12.1 Å². The number of carbonyl (C=O) groups is 1. The lowest BCUT2D eigenvalue weighted by Crippen LogP contribution is -2.16. The number of nitrogens with zero attached hydrogens (tertiary/aromatic N) is 1. The van der Waals surface area contributed by atoms with E-state index in [1.165, 1.54) is 0 Å². The summed E-state index contributed by atoms with van der Waals surface area (Å²) in [5.41, 5.74) is 7.53. The van der Waals surface area contributed by atoms with Crippen LogP contribution in [0, 0.1) is 0 Å². The number of anilines is 2. The summed E-state index contributed by atoms with van der Waals surface area (Å²) in [5.74, 6) is -0.162. The van der Waals surface area contributed by atoms with Crippen molar-refractivity contribution in [1.29, 1.82) is 0 Å². The fourth-order valence-electron chi connectivity index (χ4n) is 1.49. The zero-order valence-corrected chi connectivity index (χ0v) is 8.97.